The molecular formula is C29H35N3O2. The number of hydrogen-bond acceptors (Lipinski definition) is 3. The van der Waals surface area contributed by atoms with Gasteiger partial charge in [0.05, 0.1) is 0 Å². The average molecular weight is 458 g/mol. The molecule has 1 N–H and O–H groups in total. The molecule has 0 bridgehead atoms. The largest absolute Gasteiger partial charge is 0.377 e. The van der Waals surface area contributed by atoms with E-state index in [4.69, 9.17) is 0 Å². The highest BCUT2D eigenvalue weighted by molar-refractivity contribution is 5.94. The Balaban J connectivity index is 1.95. The summed E-state index contributed by atoms with van der Waals surface area (Å²) in [6.07, 6.45) is 0.469. The fourth-order valence-electron chi connectivity index (χ4n) is 3.98. The minimum Gasteiger partial charge on any atom is -0.377 e. The lowest BCUT2D eigenvalue weighted by atomic mass is 10.1. The monoisotopic (exact) mass is 457 g/mol. The molecule has 2 amide bonds. The first-order valence-electron chi connectivity index (χ1n) is 11.7. The molecule has 3 aromatic rings. The maximum atomic E-state index is 13.6. The summed E-state index contributed by atoms with van der Waals surface area (Å²) < 4.78 is 0. The van der Waals surface area contributed by atoms with E-state index in [-0.39, 0.29) is 17.7 Å². The Morgan fingerprint density at radius 1 is 0.882 bits per heavy atom. The molecule has 178 valence electrons. The van der Waals surface area contributed by atoms with Crippen LogP contribution in [0.1, 0.15) is 47.3 Å². The van der Waals surface area contributed by atoms with Crippen molar-refractivity contribution in [1.82, 2.24) is 4.90 Å². The van der Waals surface area contributed by atoms with Crippen LogP contribution in [0.2, 0.25) is 0 Å². The molecule has 0 fully saturated rings. The molecule has 3 rings (SSSR count). The summed E-state index contributed by atoms with van der Waals surface area (Å²) >= 11 is 0. The van der Waals surface area contributed by atoms with Crippen molar-refractivity contribution >= 4 is 23.2 Å². The number of benzene rings is 3. The van der Waals surface area contributed by atoms with Crippen LogP contribution in [0.5, 0.6) is 0 Å². The SMILES string of the molecule is Cc1cccc(C(=O)N(Cc2ccccc2)Cc2cc(NC(=O)CC(C)C)ccc2N(C)C)c1. The minimum absolute atomic E-state index is 0.00414. The van der Waals surface area contributed by atoms with Crippen LogP contribution in [0.25, 0.3) is 0 Å². The molecule has 0 aliphatic rings. The first-order chi connectivity index (χ1) is 16.2. The quantitative estimate of drug-likeness (QED) is 0.436. The molecule has 34 heavy (non-hydrogen) atoms. The molecule has 3 aromatic carbocycles. The van der Waals surface area contributed by atoms with Crippen molar-refractivity contribution in [2.75, 3.05) is 24.3 Å². The third-order valence-corrected chi connectivity index (χ3v) is 5.57. The van der Waals surface area contributed by atoms with Crippen molar-refractivity contribution in [1.29, 1.82) is 0 Å². The molecule has 0 aromatic heterocycles. The molecule has 5 nitrogen and oxygen atoms in total. The lowest BCUT2D eigenvalue weighted by molar-refractivity contribution is -0.116. The minimum atomic E-state index is -0.0218. The number of nitrogens with one attached hydrogen (secondary N) is 1. The van der Waals surface area contributed by atoms with Crippen LogP contribution in [0.4, 0.5) is 11.4 Å². The Bertz CT molecular complexity index is 1120. The second-order valence-corrected chi connectivity index (χ2v) is 9.40. The summed E-state index contributed by atoms with van der Waals surface area (Å²) in [6.45, 7) is 6.95. The van der Waals surface area contributed by atoms with Gasteiger partial charge in [-0.2, -0.15) is 0 Å². The first-order valence-corrected chi connectivity index (χ1v) is 11.7. The van der Waals surface area contributed by atoms with Crippen LogP contribution in [-0.2, 0) is 17.9 Å². The van der Waals surface area contributed by atoms with Crippen molar-refractivity contribution in [3.05, 3.63) is 95.1 Å². The van der Waals surface area contributed by atoms with Crippen molar-refractivity contribution in [3.63, 3.8) is 0 Å². The predicted octanol–water partition coefficient (Wildman–Crippen LogP) is 5.89. The van der Waals surface area contributed by atoms with Crippen molar-refractivity contribution in [3.8, 4) is 0 Å². The van der Waals surface area contributed by atoms with Crippen molar-refractivity contribution in [2.45, 2.75) is 40.3 Å². The molecule has 0 saturated heterocycles. The molecule has 0 aliphatic carbocycles. The highest BCUT2D eigenvalue weighted by Crippen LogP contribution is 2.26. The van der Waals surface area contributed by atoms with E-state index in [2.05, 4.69) is 5.32 Å². The fraction of sp³-hybridized carbons (Fsp3) is 0.310. The molecule has 0 saturated carbocycles. The topological polar surface area (TPSA) is 52.7 Å². The number of nitrogens with zero attached hydrogens (tertiary/aromatic N) is 2. The van der Waals surface area contributed by atoms with E-state index in [1.165, 1.54) is 0 Å². The lowest BCUT2D eigenvalue weighted by Gasteiger charge is -2.27. The Labute approximate surface area is 203 Å². The number of anilines is 2. The summed E-state index contributed by atoms with van der Waals surface area (Å²) in [7, 11) is 3.97. The summed E-state index contributed by atoms with van der Waals surface area (Å²) in [6, 6.07) is 23.6. The van der Waals surface area contributed by atoms with Crippen LogP contribution < -0.4 is 10.2 Å². The van der Waals surface area contributed by atoms with Gasteiger partial charge in [0.15, 0.2) is 0 Å². The highest BCUT2D eigenvalue weighted by atomic mass is 16.2. The lowest BCUT2D eigenvalue weighted by Crippen LogP contribution is -2.31. The summed E-state index contributed by atoms with van der Waals surface area (Å²) in [4.78, 5) is 29.9. The van der Waals surface area contributed by atoms with E-state index < -0.39 is 0 Å². The maximum Gasteiger partial charge on any atom is 0.254 e. The van der Waals surface area contributed by atoms with Gasteiger partial charge in [0.2, 0.25) is 5.91 Å². The number of carbonyl (C=O) groups is 2. The van der Waals surface area contributed by atoms with E-state index in [1.54, 1.807) is 0 Å². The number of amides is 2. The second-order valence-electron chi connectivity index (χ2n) is 9.40. The summed E-state index contributed by atoms with van der Waals surface area (Å²) in [5, 5.41) is 3.01. The third kappa shape index (κ3) is 6.95. The zero-order chi connectivity index (χ0) is 24.7. The molecule has 0 atom stereocenters. The van der Waals surface area contributed by atoms with Crippen molar-refractivity contribution in [2.24, 2.45) is 5.92 Å². The van der Waals surface area contributed by atoms with Gasteiger partial charge in [0.1, 0.15) is 0 Å². The standard InChI is InChI=1S/C29H35N3O2/c1-21(2)16-28(33)30-26-14-15-27(31(4)5)25(18-26)20-32(19-23-11-7-6-8-12-23)29(34)24-13-9-10-22(3)17-24/h6-15,17-18,21H,16,19-20H2,1-5H3,(H,30,33). The zero-order valence-electron chi connectivity index (χ0n) is 20.8. The van der Waals surface area contributed by atoms with E-state index >= 15 is 0 Å². The smallest absolute Gasteiger partial charge is 0.254 e. The molecule has 5 heteroatoms. The highest BCUT2D eigenvalue weighted by Gasteiger charge is 2.19. The molecule has 0 heterocycles. The Morgan fingerprint density at radius 2 is 1.62 bits per heavy atom. The predicted molar refractivity (Wildman–Crippen MR) is 140 cm³/mol. The molecule has 0 aliphatic heterocycles. The van der Waals surface area contributed by atoms with Crippen LogP contribution >= 0.6 is 0 Å². The van der Waals surface area contributed by atoms with Crippen LogP contribution in [0.3, 0.4) is 0 Å². The fourth-order valence-corrected chi connectivity index (χ4v) is 3.98. The number of aryl methyl sites for hydroxylation is 1. The Hall–Kier alpha value is -3.60. The van der Waals surface area contributed by atoms with Gasteiger partial charge in [-0.25, -0.2) is 0 Å². The van der Waals surface area contributed by atoms with Crippen LogP contribution in [0.15, 0.2) is 72.8 Å². The van der Waals surface area contributed by atoms with Crippen molar-refractivity contribution < 1.29 is 9.59 Å². The van der Waals surface area contributed by atoms with E-state index in [0.29, 0.717) is 25.1 Å². The van der Waals surface area contributed by atoms with Gasteiger partial charge < -0.3 is 15.1 Å². The number of carbonyl (C=O) groups excluding carboxylic acids is 2. The Kier molecular flexibility index (Phi) is 8.47. The van der Waals surface area contributed by atoms with Gasteiger partial charge in [-0.3, -0.25) is 9.59 Å². The summed E-state index contributed by atoms with van der Waals surface area (Å²) in [5.41, 5.74) is 5.52. The zero-order valence-corrected chi connectivity index (χ0v) is 20.8. The molecular weight excluding hydrogens is 422 g/mol. The maximum absolute atomic E-state index is 13.6. The number of hydrogen-bond donors (Lipinski definition) is 1. The molecule has 0 radical (unpaired) electrons. The van der Waals surface area contributed by atoms with E-state index in [0.717, 1.165) is 28.1 Å². The van der Waals surface area contributed by atoms with Gasteiger partial charge in [0, 0.05) is 50.5 Å². The normalized spacial score (nSPS) is 10.8. The van der Waals surface area contributed by atoms with E-state index in [9.17, 15) is 9.59 Å². The van der Waals surface area contributed by atoms with Crippen LogP contribution in [-0.4, -0.2) is 30.8 Å². The van der Waals surface area contributed by atoms with Gasteiger partial charge >= 0.3 is 0 Å². The molecule has 0 spiro atoms. The van der Waals surface area contributed by atoms with E-state index in [1.807, 2.05) is 117 Å². The van der Waals surface area contributed by atoms with Gasteiger partial charge in [-0.1, -0.05) is 61.9 Å². The number of rotatable bonds is 9. The third-order valence-electron chi connectivity index (χ3n) is 5.57. The molecule has 0 unspecified atom stereocenters. The van der Waals surface area contributed by atoms with Gasteiger partial charge in [-0.15, -0.1) is 0 Å². The van der Waals surface area contributed by atoms with Crippen LogP contribution in [0, 0.1) is 12.8 Å². The van der Waals surface area contributed by atoms with Gasteiger partial charge in [0.25, 0.3) is 5.91 Å². The second kappa shape index (κ2) is 11.5. The summed E-state index contributed by atoms with van der Waals surface area (Å²) in [5.74, 6) is 0.260. The average Bonchev–Trinajstić information content (AvgIpc) is 2.78. The first kappa shape index (κ1) is 25.0. The van der Waals surface area contributed by atoms with Gasteiger partial charge in [-0.05, 0) is 54.3 Å². The Morgan fingerprint density at radius 3 is 2.26 bits per heavy atom.